The molecule has 3 amide bonds. The lowest BCUT2D eigenvalue weighted by atomic mass is 10.2. The van der Waals surface area contributed by atoms with E-state index in [9.17, 15) is 14.4 Å². The highest BCUT2D eigenvalue weighted by Crippen LogP contribution is 2.22. The molecule has 0 heterocycles. The molecule has 0 saturated heterocycles. The molecule has 0 spiro atoms. The van der Waals surface area contributed by atoms with Gasteiger partial charge in [0.2, 0.25) is 11.8 Å². The van der Waals surface area contributed by atoms with Gasteiger partial charge < -0.3 is 16.0 Å². The molecule has 6 nitrogen and oxygen atoms in total. The largest absolute Gasteiger partial charge is 0.352 e. The van der Waals surface area contributed by atoms with E-state index in [1.54, 1.807) is 49.4 Å². The number of hydrogen-bond donors (Lipinski definition) is 3. The Kier molecular flexibility index (Phi) is 7.82. The molecule has 0 aromatic heterocycles. The van der Waals surface area contributed by atoms with Crippen molar-refractivity contribution in [3.05, 3.63) is 63.1 Å². The number of amides is 3. The summed E-state index contributed by atoms with van der Waals surface area (Å²) in [5.74, 6) is -0.943. The fourth-order valence-corrected chi connectivity index (χ4v) is 2.64. The van der Waals surface area contributed by atoms with Gasteiger partial charge in [-0.1, -0.05) is 33.6 Å². The van der Waals surface area contributed by atoms with Crippen LogP contribution in [0.5, 0.6) is 0 Å². The highest BCUT2D eigenvalue weighted by atomic mass is 79.9. The Balaban J connectivity index is 1.69. The SMILES string of the molecule is Cc1c(Cl)cccc1NC(=O)CNC(=O)CCNC(=O)c1ccc(Br)cc1. The van der Waals surface area contributed by atoms with Crippen LogP contribution < -0.4 is 16.0 Å². The minimum Gasteiger partial charge on any atom is -0.352 e. The molecule has 0 radical (unpaired) electrons. The molecule has 142 valence electrons. The summed E-state index contributed by atoms with van der Waals surface area (Å²) in [5.41, 5.74) is 1.87. The smallest absolute Gasteiger partial charge is 0.251 e. The number of carbonyl (C=O) groups is 3. The maximum absolute atomic E-state index is 11.9. The second-order valence-corrected chi connectivity index (χ2v) is 7.07. The molecule has 0 atom stereocenters. The lowest BCUT2D eigenvalue weighted by Crippen LogP contribution is -2.35. The fourth-order valence-electron chi connectivity index (χ4n) is 2.20. The van der Waals surface area contributed by atoms with Crippen molar-refractivity contribution in [2.45, 2.75) is 13.3 Å². The van der Waals surface area contributed by atoms with Gasteiger partial charge in [0.05, 0.1) is 6.54 Å². The highest BCUT2D eigenvalue weighted by Gasteiger charge is 2.10. The topological polar surface area (TPSA) is 87.3 Å². The lowest BCUT2D eigenvalue weighted by molar-refractivity contribution is -0.124. The van der Waals surface area contributed by atoms with Gasteiger partial charge in [-0.05, 0) is 48.9 Å². The van der Waals surface area contributed by atoms with Crippen LogP contribution in [0.1, 0.15) is 22.3 Å². The molecule has 0 aliphatic heterocycles. The van der Waals surface area contributed by atoms with Crippen molar-refractivity contribution in [1.82, 2.24) is 10.6 Å². The van der Waals surface area contributed by atoms with Crippen LogP contribution in [0.4, 0.5) is 5.69 Å². The predicted octanol–water partition coefficient (Wildman–Crippen LogP) is 3.29. The first-order valence-corrected chi connectivity index (χ1v) is 9.39. The Labute approximate surface area is 170 Å². The molecule has 27 heavy (non-hydrogen) atoms. The number of nitrogens with one attached hydrogen (secondary N) is 3. The molecular weight excluding hydrogens is 434 g/mol. The third-order valence-electron chi connectivity index (χ3n) is 3.73. The van der Waals surface area contributed by atoms with Gasteiger partial charge in [0.1, 0.15) is 0 Å². The quantitative estimate of drug-likeness (QED) is 0.602. The number of carbonyl (C=O) groups excluding carboxylic acids is 3. The first kappa shape index (κ1) is 20.9. The summed E-state index contributed by atoms with van der Waals surface area (Å²) < 4.78 is 0.879. The zero-order valence-electron chi connectivity index (χ0n) is 14.6. The summed E-state index contributed by atoms with van der Waals surface area (Å²) >= 11 is 9.30. The standard InChI is InChI=1S/C19H19BrClN3O3/c1-12-15(21)3-2-4-16(12)24-18(26)11-23-17(25)9-10-22-19(27)13-5-7-14(20)8-6-13/h2-8H,9-11H2,1H3,(H,22,27)(H,23,25)(H,24,26). The van der Waals surface area contributed by atoms with Crippen LogP contribution in [0.15, 0.2) is 46.9 Å². The summed E-state index contributed by atoms with van der Waals surface area (Å²) in [5, 5.41) is 8.43. The van der Waals surface area contributed by atoms with Gasteiger partial charge in [0.15, 0.2) is 0 Å². The lowest BCUT2D eigenvalue weighted by Gasteiger charge is -2.10. The minimum atomic E-state index is -0.354. The molecule has 0 fully saturated rings. The Hall–Kier alpha value is -2.38. The van der Waals surface area contributed by atoms with E-state index in [0.29, 0.717) is 16.3 Å². The van der Waals surface area contributed by atoms with E-state index < -0.39 is 0 Å². The van der Waals surface area contributed by atoms with Gasteiger partial charge in [-0.3, -0.25) is 14.4 Å². The maximum atomic E-state index is 11.9. The molecule has 0 unspecified atom stereocenters. The first-order valence-electron chi connectivity index (χ1n) is 8.22. The molecule has 2 rings (SSSR count). The molecule has 2 aromatic carbocycles. The fraction of sp³-hybridized carbons (Fsp3) is 0.211. The minimum absolute atomic E-state index is 0.0751. The second-order valence-electron chi connectivity index (χ2n) is 5.75. The van der Waals surface area contributed by atoms with Crippen LogP contribution in [0.3, 0.4) is 0 Å². The highest BCUT2D eigenvalue weighted by molar-refractivity contribution is 9.10. The van der Waals surface area contributed by atoms with Crippen molar-refractivity contribution in [3.8, 4) is 0 Å². The summed E-state index contributed by atoms with van der Waals surface area (Å²) in [7, 11) is 0. The van der Waals surface area contributed by atoms with E-state index in [1.165, 1.54) is 0 Å². The third-order valence-corrected chi connectivity index (χ3v) is 4.67. The molecule has 2 aromatic rings. The number of rotatable bonds is 7. The molecule has 0 aliphatic rings. The number of halogens is 2. The molecular formula is C19H19BrClN3O3. The monoisotopic (exact) mass is 451 g/mol. The van der Waals surface area contributed by atoms with E-state index >= 15 is 0 Å². The average Bonchev–Trinajstić information content (AvgIpc) is 2.64. The molecule has 3 N–H and O–H groups in total. The van der Waals surface area contributed by atoms with Gasteiger partial charge in [-0.2, -0.15) is 0 Å². The van der Waals surface area contributed by atoms with E-state index in [1.807, 2.05) is 0 Å². The molecule has 8 heteroatoms. The van der Waals surface area contributed by atoms with Gasteiger partial charge >= 0.3 is 0 Å². The molecule has 0 aliphatic carbocycles. The van der Waals surface area contributed by atoms with Crippen molar-refractivity contribution in [2.75, 3.05) is 18.4 Å². The van der Waals surface area contributed by atoms with Crippen molar-refractivity contribution < 1.29 is 14.4 Å². The molecule has 0 bridgehead atoms. The molecule has 0 saturated carbocycles. The normalized spacial score (nSPS) is 10.2. The van der Waals surface area contributed by atoms with Crippen LogP contribution >= 0.6 is 27.5 Å². The van der Waals surface area contributed by atoms with Crippen LogP contribution in [-0.4, -0.2) is 30.8 Å². The average molecular weight is 453 g/mol. The van der Waals surface area contributed by atoms with Crippen molar-refractivity contribution >= 4 is 50.9 Å². The Morgan fingerprint density at radius 2 is 1.70 bits per heavy atom. The summed E-state index contributed by atoms with van der Waals surface area (Å²) in [6.07, 6.45) is 0.0751. The Morgan fingerprint density at radius 1 is 1.00 bits per heavy atom. The van der Waals surface area contributed by atoms with E-state index in [-0.39, 0.29) is 37.2 Å². The number of benzene rings is 2. The summed E-state index contributed by atoms with van der Waals surface area (Å²) in [6.45, 7) is 1.81. The van der Waals surface area contributed by atoms with E-state index in [4.69, 9.17) is 11.6 Å². The van der Waals surface area contributed by atoms with Gasteiger partial charge in [-0.25, -0.2) is 0 Å². The van der Waals surface area contributed by atoms with E-state index in [2.05, 4.69) is 31.9 Å². The summed E-state index contributed by atoms with van der Waals surface area (Å²) in [4.78, 5) is 35.7. The zero-order chi connectivity index (χ0) is 19.8. The summed E-state index contributed by atoms with van der Waals surface area (Å²) in [6, 6.07) is 12.1. The maximum Gasteiger partial charge on any atom is 0.251 e. The first-order chi connectivity index (χ1) is 12.9. The third kappa shape index (κ3) is 6.69. The van der Waals surface area contributed by atoms with E-state index in [0.717, 1.165) is 10.0 Å². The van der Waals surface area contributed by atoms with Crippen LogP contribution in [0.2, 0.25) is 5.02 Å². The zero-order valence-corrected chi connectivity index (χ0v) is 17.0. The Morgan fingerprint density at radius 3 is 2.41 bits per heavy atom. The van der Waals surface area contributed by atoms with Gasteiger partial charge in [0, 0.05) is 33.7 Å². The van der Waals surface area contributed by atoms with Gasteiger partial charge in [-0.15, -0.1) is 0 Å². The van der Waals surface area contributed by atoms with Crippen LogP contribution in [0.25, 0.3) is 0 Å². The van der Waals surface area contributed by atoms with Gasteiger partial charge in [0.25, 0.3) is 5.91 Å². The van der Waals surface area contributed by atoms with Crippen molar-refractivity contribution in [3.63, 3.8) is 0 Å². The van der Waals surface area contributed by atoms with Crippen LogP contribution in [0, 0.1) is 6.92 Å². The van der Waals surface area contributed by atoms with Crippen molar-refractivity contribution in [1.29, 1.82) is 0 Å². The predicted molar refractivity (Wildman–Crippen MR) is 109 cm³/mol. The van der Waals surface area contributed by atoms with Crippen LogP contribution in [-0.2, 0) is 9.59 Å². The number of anilines is 1. The Bertz CT molecular complexity index is 841. The van der Waals surface area contributed by atoms with Crippen molar-refractivity contribution in [2.24, 2.45) is 0 Å². The second kappa shape index (κ2) is 10.1. The number of hydrogen-bond acceptors (Lipinski definition) is 3.